The first-order valence-corrected chi connectivity index (χ1v) is 11.6. The number of anilines is 1. The number of nitrogens with zero attached hydrogens (tertiary/aromatic N) is 2. The van der Waals surface area contributed by atoms with Crippen molar-refractivity contribution in [2.45, 2.75) is 64.9 Å². The molecule has 0 bridgehead atoms. The van der Waals surface area contributed by atoms with Crippen LogP contribution in [0.1, 0.15) is 63.3 Å². The minimum absolute atomic E-state index is 0.0902. The molecule has 0 spiro atoms. The molecule has 34 heavy (non-hydrogen) atoms. The lowest BCUT2D eigenvalue weighted by atomic mass is 9.69. The molecular formula is C26H33N3O5. The third kappa shape index (κ3) is 5.38. The Balaban J connectivity index is 1.94. The molecule has 8 heteroatoms. The van der Waals surface area contributed by atoms with Crippen molar-refractivity contribution in [3.8, 4) is 5.88 Å². The molecule has 0 saturated carbocycles. The first-order chi connectivity index (χ1) is 16.0. The zero-order chi connectivity index (χ0) is 25.0. The highest BCUT2D eigenvalue weighted by molar-refractivity contribution is 6.02. The number of amides is 2. The second-order valence-corrected chi connectivity index (χ2v) is 9.39. The molecule has 1 aromatic carbocycles. The van der Waals surface area contributed by atoms with E-state index in [1.54, 1.807) is 17.0 Å². The highest BCUT2D eigenvalue weighted by atomic mass is 16.5. The highest BCUT2D eigenvalue weighted by Crippen LogP contribution is 2.40. The van der Waals surface area contributed by atoms with Crippen LogP contribution in [0.25, 0.3) is 0 Å². The molecule has 1 aliphatic heterocycles. The summed E-state index contributed by atoms with van der Waals surface area (Å²) in [7, 11) is 0. The van der Waals surface area contributed by atoms with Crippen molar-refractivity contribution >= 4 is 23.5 Å². The molecule has 2 N–H and O–H groups in total. The van der Waals surface area contributed by atoms with E-state index >= 15 is 0 Å². The fourth-order valence-electron chi connectivity index (χ4n) is 4.21. The number of ether oxygens (including phenoxy) is 1. The summed E-state index contributed by atoms with van der Waals surface area (Å²) in [6.45, 7) is 10.1. The van der Waals surface area contributed by atoms with Gasteiger partial charge < -0.3 is 20.1 Å². The average Bonchev–Trinajstić information content (AvgIpc) is 2.73. The van der Waals surface area contributed by atoms with Crippen LogP contribution in [0.4, 0.5) is 5.69 Å². The molecule has 1 saturated heterocycles. The highest BCUT2D eigenvalue weighted by Gasteiger charge is 2.53. The summed E-state index contributed by atoms with van der Waals surface area (Å²) in [5, 5.41) is 11.9. The molecule has 0 atom stereocenters. The van der Waals surface area contributed by atoms with Crippen molar-refractivity contribution < 1.29 is 24.2 Å². The van der Waals surface area contributed by atoms with Crippen molar-refractivity contribution in [1.82, 2.24) is 9.88 Å². The number of carboxylic acids is 1. The van der Waals surface area contributed by atoms with Gasteiger partial charge in [0, 0.05) is 25.2 Å². The SMILES string of the molecule is Cc1ccc(NC(=O)C2(c3ccccc3C(C)C)CN(C(=O)CCC(=O)O)C2)c(OC(C)C)n1. The van der Waals surface area contributed by atoms with Gasteiger partial charge >= 0.3 is 5.97 Å². The van der Waals surface area contributed by atoms with E-state index in [1.807, 2.05) is 45.0 Å². The molecule has 0 aliphatic carbocycles. The Kier molecular flexibility index (Phi) is 7.59. The molecule has 1 fully saturated rings. The van der Waals surface area contributed by atoms with Gasteiger partial charge in [-0.15, -0.1) is 0 Å². The van der Waals surface area contributed by atoms with Gasteiger partial charge in [0.1, 0.15) is 11.1 Å². The van der Waals surface area contributed by atoms with E-state index in [2.05, 4.69) is 24.1 Å². The summed E-state index contributed by atoms with van der Waals surface area (Å²) in [4.78, 5) is 43.3. The quantitative estimate of drug-likeness (QED) is 0.579. The number of carboxylic acid groups (broad SMARTS) is 1. The van der Waals surface area contributed by atoms with E-state index in [0.29, 0.717) is 11.6 Å². The molecule has 1 aromatic heterocycles. The van der Waals surface area contributed by atoms with Gasteiger partial charge in [0.25, 0.3) is 0 Å². The third-order valence-corrected chi connectivity index (χ3v) is 5.96. The van der Waals surface area contributed by atoms with E-state index in [0.717, 1.165) is 16.8 Å². The van der Waals surface area contributed by atoms with Crippen molar-refractivity contribution in [2.75, 3.05) is 18.4 Å². The zero-order valence-electron chi connectivity index (χ0n) is 20.4. The first-order valence-electron chi connectivity index (χ1n) is 11.6. The van der Waals surface area contributed by atoms with E-state index < -0.39 is 11.4 Å². The fourth-order valence-corrected chi connectivity index (χ4v) is 4.21. The number of likely N-dealkylation sites (tertiary alicyclic amines) is 1. The second kappa shape index (κ2) is 10.2. The van der Waals surface area contributed by atoms with Gasteiger partial charge in [0.15, 0.2) is 0 Å². The summed E-state index contributed by atoms with van der Waals surface area (Å²) in [5.41, 5.74) is 2.19. The van der Waals surface area contributed by atoms with E-state index in [9.17, 15) is 14.4 Å². The third-order valence-electron chi connectivity index (χ3n) is 5.96. The van der Waals surface area contributed by atoms with Crippen molar-refractivity contribution in [3.05, 3.63) is 53.2 Å². The summed E-state index contributed by atoms with van der Waals surface area (Å²) in [6.07, 6.45) is -0.443. The number of hydrogen-bond donors (Lipinski definition) is 2. The molecule has 8 nitrogen and oxygen atoms in total. The number of aliphatic carboxylic acids is 1. The molecule has 0 radical (unpaired) electrons. The summed E-state index contributed by atoms with van der Waals surface area (Å²) >= 11 is 0. The topological polar surface area (TPSA) is 109 Å². The van der Waals surface area contributed by atoms with Crippen molar-refractivity contribution in [3.63, 3.8) is 0 Å². The number of benzene rings is 1. The monoisotopic (exact) mass is 467 g/mol. The average molecular weight is 468 g/mol. The molecular weight excluding hydrogens is 434 g/mol. The maximum atomic E-state index is 13.8. The predicted octanol–water partition coefficient (Wildman–Crippen LogP) is 3.88. The van der Waals surface area contributed by atoms with Crippen LogP contribution in [0.5, 0.6) is 5.88 Å². The van der Waals surface area contributed by atoms with Gasteiger partial charge in [-0.2, -0.15) is 0 Å². The fraction of sp³-hybridized carbons (Fsp3) is 0.462. The van der Waals surface area contributed by atoms with E-state index in [4.69, 9.17) is 9.84 Å². The van der Waals surface area contributed by atoms with Gasteiger partial charge in [-0.3, -0.25) is 14.4 Å². The number of carbonyl (C=O) groups excluding carboxylic acids is 2. The zero-order valence-corrected chi connectivity index (χ0v) is 20.4. The Labute approximate surface area is 200 Å². The van der Waals surface area contributed by atoms with E-state index in [1.165, 1.54) is 0 Å². The number of rotatable bonds is 9. The van der Waals surface area contributed by atoms with Crippen LogP contribution in [0.3, 0.4) is 0 Å². The lowest BCUT2D eigenvalue weighted by molar-refractivity contribution is -0.147. The lowest BCUT2D eigenvalue weighted by Gasteiger charge is -2.50. The maximum absolute atomic E-state index is 13.8. The van der Waals surface area contributed by atoms with Crippen LogP contribution < -0.4 is 10.1 Å². The lowest BCUT2D eigenvalue weighted by Crippen LogP contribution is -2.66. The summed E-state index contributed by atoms with van der Waals surface area (Å²) < 4.78 is 5.83. The Bertz CT molecular complexity index is 1070. The Hall–Kier alpha value is -3.42. The predicted molar refractivity (Wildman–Crippen MR) is 129 cm³/mol. The molecule has 3 rings (SSSR count). The number of nitrogens with one attached hydrogen (secondary N) is 1. The standard InChI is InChI=1S/C26H33N3O5/c1-16(2)19-8-6-7-9-20(19)26(14-29(15-26)22(30)12-13-23(31)32)25(33)28-21-11-10-18(5)27-24(21)34-17(3)4/h6-11,16-17H,12-15H2,1-5H3,(H,28,33)(H,31,32). The van der Waals surface area contributed by atoms with Gasteiger partial charge in [-0.25, -0.2) is 4.98 Å². The number of hydrogen-bond acceptors (Lipinski definition) is 5. The Morgan fingerprint density at radius 1 is 1.09 bits per heavy atom. The normalized spacial score (nSPS) is 14.6. The molecule has 0 unspecified atom stereocenters. The number of aromatic nitrogens is 1. The molecule has 2 amide bonds. The van der Waals surface area contributed by atoms with Crippen LogP contribution in [0.2, 0.25) is 0 Å². The smallest absolute Gasteiger partial charge is 0.303 e. The molecule has 2 heterocycles. The van der Waals surface area contributed by atoms with Crippen LogP contribution in [-0.2, 0) is 19.8 Å². The largest absolute Gasteiger partial charge is 0.481 e. The second-order valence-electron chi connectivity index (χ2n) is 9.39. The van der Waals surface area contributed by atoms with Gasteiger partial charge in [0.2, 0.25) is 17.7 Å². The number of carbonyl (C=O) groups is 3. The Morgan fingerprint density at radius 2 is 1.76 bits per heavy atom. The van der Waals surface area contributed by atoms with Gasteiger partial charge in [-0.05, 0) is 49.9 Å². The van der Waals surface area contributed by atoms with E-state index in [-0.39, 0.29) is 49.8 Å². The van der Waals surface area contributed by atoms with Crippen LogP contribution in [0.15, 0.2) is 36.4 Å². The van der Waals surface area contributed by atoms with Gasteiger partial charge in [-0.1, -0.05) is 38.1 Å². The number of pyridine rings is 1. The summed E-state index contributed by atoms with van der Waals surface area (Å²) in [6, 6.07) is 11.4. The van der Waals surface area contributed by atoms with Crippen molar-refractivity contribution in [2.24, 2.45) is 0 Å². The van der Waals surface area contributed by atoms with Crippen LogP contribution in [-0.4, -0.2) is 52.0 Å². The summed E-state index contributed by atoms with van der Waals surface area (Å²) in [5.74, 6) is -1.01. The minimum atomic E-state index is -1.02. The maximum Gasteiger partial charge on any atom is 0.303 e. The Morgan fingerprint density at radius 3 is 2.38 bits per heavy atom. The van der Waals surface area contributed by atoms with Crippen LogP contribution >= 0.6 is 0 Å². The van der Waals surface area contributed by atoms with Crippen molar-refractivity contribution in [1.29, 1.82) is 0 Å². The number of aryl methyl sites for hydroxylation is 1. The first kappa shape index (κ1) is 25.2. The van der Waals surface area contributed by atoms with Crippen LogP contribution in [0, 0.1) is 6.92 Å². The molecule has 1 aliphatic rings. The minimum Gasteiger partial charge on any atom is -0.481 e. The van der Waals surface area contributed by atoms with Gasteiger partial charge in [0.05, 0.1) is 12.5 Å². The molecule has 182 valence electrons. The molecule has 2 aromatic rings.